The molecule has 44 heavy (non-hydrogen) atoms. The Morgan fingerprint density at radius 1 is 0.909 bits per heavy atom. The van der Waals surface area contributed by atoms with E-state index < -0.39 is 28.5 Å². The normalized spacial score (nSPS) is 12.6. The molecule has 0 heterocycles. The lowest BCUT2D eigenvalue weighted by Gasteiger charge is -2.34. The summed E-state index contributed by atoms with van der Waals surface area (Å²) in [5.41, 5.74) is 1.63. The third-order valence-corrected chi connectivity index (χ3v) is 9.80. The van der Waals surface area contributed by atoms with Crippen molar-refractivity contribution >= 4 is 50.7 Å². The average molecular weight is 665 g/mol. The second kappa shape index (κ2) is 15.5. The van der Waals surface area contributed by atoms with Crippen LogP contribution in [0.3, 0.4) is 0 Å². The van der Waals surface area contributed by atoms with Crippen molar-refractivity contribution < 1.29 is 27.5 Å². The van der Waals surface area contributed by atoms with Gasteiger partial charge in [-0.05, 0) is 63.1 Å². The fourth-order valence-electron chi connectivity index (χ4n) is 4.56. The number of aryl methyl sites for hydroxylation is 1. The molecule has 238 valence electrons. The number of nitrogens with one attached hydrogen (secondary N) is 1. The molecule has 3 aromatic carbocycles. The van der Waals surface area contributed by atoms with E-state index in [9.17, 15) is 18.0 Å². The van der Waals surface area contributed by atoms with Crippen molar-refractivity contribution in [1.82, 2.24) is 10.2 Å². The molecule has 9 nitrogen and oxygen atoms in total. The molecule has 0 saturated carbocycles. The summed E-state index contributed by atoms with van der Waals surface area (Å²) in [6, 6.07) is 14.9. The van der Waals surface area contributed by atoms with Crippen molar-refractivity contribution in [2.75, 3.05) is 25.1 Å². The predicted molar refractivity (Wildman–Crippen MR) is 174 cm³/mol. The first-order valence-electron chi connectivity index (χ1n) is 14.2. The van der Waals surface area contributed by atoms with Gasteiger partial charge in [0.25, 0.3) is 10.0 Å². The standard InChI is InChI=1S/C32H39Cl2N3O6S/c1-7-22(4)35-32(39)28(8-2)36(19-25-26(33)10-9-11-27(25)34)31(38)20-37(23-14-12-21(3)13-15-23)44(40,41)24-16-17-29(42-5)30(18-24)43-6/h9-18,22,28H,7-8,19-20H2,1-6H3,(H,35,39)/t22-,28-/m1/s1. The number of methoxy groups -OCH3 is 2. The number of sulfonamides is 1. The molecule has 0 saturated heterocycles. The maximum Gasteiger partial charge on any atom is 0.264 e. The summed E-state index contributed by atoms with van der Waals surface area (Å²) in [7, 11) is -1.47. The zero-order chi connectivity index (χ0) is 32.6. The third kappa shape index (κ3) is 8.16. The van der Waals surface area contributed by atoms with Gasteiger partial charge in [0.2, 0.25) is 11.8 Å². The molecule has 0 radical (unpaired) electrons. The molecular formula is C32H39Cl2N3O6S. The lowest BCUT2D eigenvalue weighted by molar-refractivity contribution is -0.140. The van der Waals surface area contributed by atoms with Gasteiger partial charge in [0.15, 0.2) is 11.5 Å². The molecule has 0 spiro atoms. The fraction of sp³-hybridized carbons (Fsp3) is 0.375. The van der Waals surface area contributed by atoms with E-state index in [4.69, 9.17) is 32.7 Å². The Kier molecular flexibility index (Phi) is 12.3. The number of carbonyl (C=O) groups is 2. The van der Waals surface area contributed by atoms with Gasteiger partial charge in [-0.1, -0.05) is 60.8 Å². The van der Waals surface area contributed by atoms with Gasteiger partial charge in [0, 0.05) is 34.3 Å². The molecule has 0 bridgehead atoms. The number of ether oxygens (including phenoxy) is 2. The number of hydrogen-bond donors (Lipinski definition) is 1. The van der Waals surface area contributed by atoms with Crippen LogP contribution in [0.2, 0.25) is 10.0 Å². The molecule has 0 aromatic heterocycles. The fourth-order valence-corrected chi connectivity index (χ4v) is 6.51. The maximum absolute atomic E-state index is 14.3. The quantitative estimate of drug-likeness (QED) is 0.219. The number of halogens is 2. The van der Waals surface area contributed by atoms with Crippen LogP contribution in [0.5, 0.6) is 11.5 Å². The van der Waals surface area contributed by atoms with Gasteiger partial charge < -0.3 is 19.7 Å². The summed E-state index contributed by atoms with van der Waals surface area (Å²) in [5.74, 6) is -0.406. The van der Waals surface area contributed by atoms with E-state index in [1.54, 1.807) is 49.4 Å². The summed E-state index contributed by atoms with van der Waals surface area (Å²) in [4.78, 5) is 29.0. The highest BCUT2D eigenvalue weighted by Gasteiger charge is 2.35. The number of carbonyl (C=O) groups excluding carboxylic acids is 2. The molecule has 1 N–H and O–H groups in total. The second-order valence-electron chi connectivity index (χ2n) is 10.3. The van der Waals surface area contributed by atoms with Crippen molar-refractivity contribution in [1.29, 1.82) is 0 Å². The van der Waals surface area contributed by atoms with E-state index in [1.807, 2.05) is 20.8 Å². The van der Waals surface area contributed by atoms with Crippen LogP contribution in [0.1, 0.15) is 44.7 Å². The molecular weight excluding hydrogens is 625 g/mol. The first-order chi connectivity index (χ1) is 20.9. The summed E-state index contributed by atoms with van der Waals surface area (Å²) in [6.07, 6.45) is 0.959. The van der Waals surface area contributed by atoms with Crippen LogP contribution in [-0.4, -0.2) is 58.0 Å². The first-order valence-corrected chi connectivity index (χ1v) is 16.4. The number of amides is 2. The van der Waals surface area contributed by atoms with Crippen LogP contribution in [0.25, 0.3) is 0 Å². The molecule has 12 heteroatoms. The van der Waals surface area contributed by atoms with Crippen molar-refractivity contribution in [3.63, 3.8) is 0 Å². The maximum atomic E-state index is 14.3. The van der Waals surface area contributed by atoms with Crippen LogP contribution in [-0.2, 0) is 26.2 Å². The Labute approximate surface area is 270 Å². The van der Waals surface area contributed by atoms with Gasteiger partial charge >= 0.3 is 0 Å². The SMILES string of the molecule is CC[C@@H](C)NC(=O)[C@@H](CC)N(Cc1c(Cl)cccc1Cl)C(=O)CN(c1ccc(C)cc1)S(=O)(=O)c1ccc(OC)c(OC)c1. The Morgan fingerprint density at radius 2 is 1.52 bits per heavy atom. The van der Waals surface area contributed by atoms with Gasteiger partial charge in [-0.2, -0.15) is 0 Å². The van der Waals surface area contributed by atoms with E-state index in [1.165, 1.54) is 37.3 Å². The Hall–Kier alpha value is -3.47. The van der Waals surface area contributed by atoms with Gasteiger partial charge in [-0.15, -0.1) is 0 Å². The molecule has 2 amide bonds. The van der Waals surface area contributed by atoms with Crippen LogP contribution < -0.4 is 19.1 Å². The molecule has 3 rings (SSSR count). The zero-order valence-corrected chi connectivity index (χ0v) is 28.1. The zero-order valence-electron chi connectivity index (χ0n) is 25.8. The first kappa shape index (κ1) is 35.0. The monoisotopic (exact) mass is 663 g/mol. The van der Waals surface area contributed by atoms with Crippen LogP contribution in [0.4, 0.5) is 5.69 Å². The molecule has 0 aliphatic rings. The lowest BCUT2D eigenvalue weighted by Crippen LogP contribution is -2.53. The number of anilines is 1. The minimum atomic E-state index is -4.32. The summed E-state index contributed by atoms with van der Waals surface area (Å²) in [5, 5.41) is 3.59. The Balaban J connectivity index is 2.13. The highest BCUT2D eigenvalue weighted by molar-refractivity contribution is 7.92. The number of nitrogens with zero attached hydrogens (tertiary/aromatic N) is 2. The molecule has 0 fully saturated rings. The van der Waals surface area contributed by atoms with E-state index >= 15 is 0 Å². The molecule has 3 aromatic rings. The average Bonchev–Trinajstić information content (AvgIpc) is 3.00. The minimum absolute atomic E-state index is 0.106. The van der Waals surface area contributed by atoms with E-state index in [2.05, 4.69) is 5.32 Å². The minimum Gasteiger partial charge on any atom is -0.493 e. The smallest absolute Gasteiger partial charge is 0.264 e. The molecule has 0 aliphatic carbocycles. The van der Waals surface area contributed by atoms with E-state index in [0.717, 1.165) is 9.87 Å². The van der Waals surface area contributed by atoms with Crippen molar-refractivity contribution in [2.24, 2.45) is 0 Å². The number of rotatable bonds is 14. The Bertz CT molecular complexity index is 1550. The van der Waals surface area contributed by atoms with Crippen LogP contribution in [0, 0.1) is 6.92 Å². The van der Waals surface area contributed by atoms with Crippen molar-refractivity contribution in [3.05, 3.63) is 81.8 Å². The summed E-state index contributed by atoms with van der Waals surface area (Å²) < 4.78 is 40.1. The van der Waals surface area contributed by atoms with Gasteiger partial charge in [0.05, 0.1) is 24.8 Å². The molecule has 0 unspecified atom stereocenters. The van der Waals surface area contributed by atoms with Gasteiger partial charge in [-0.3, -0.25) is 13.9 Å². The number of hydrogen-bond acceptors (Lipinski definition) is 6. The topological polar surface area (TPSA) is 105 Å². The highest BCUT2D eigenvalue weighted by Crippen LogP contribution is 2.33. The Morgan fingerprint density at radius 3 is 2.07 bits per heavy atom. The van der Waals surface area contributed by atoms with Crippen LogP contribution in [0.15, 0.2) is 65.6 Å². The lowest BCUT2D eigenvalue weighted by atomic mass is 10.1. The third-order valence-electron chi connectivity index (χ3n) is 7.32. The number of benzene rings is 3. The van der Waals surface area contributed by atoms with Crippen molar-refractivity contribution in [3.8, 4) is 11.5 Å². The summed E-state index contributed by atoms with van der Waals surface area (Å²) in [6.45, 7) is 6.76. The molecule has 2 atom stereocenters. The molecule has 0 aliphatic heterocycles. The second-order valence-corrected chi connectivity index (χ2v) is 13.0. The largest absolute Gasteiger partial charge is 0.493 e. The van der Waals surface area contributed by atoms with Crippen LogP contribution >= 0.6 is 23.2 Å². The highest BCUT2D eigenvalue weighted by atomic mass is 35.5. The summed E-state index contributed by atoms with van der Waals surface area (Å²) >= 11 is 13.0. The van der Waals surface area contributed by atoms with Gasteiger partial charge in [-0.25, -0.2) is 8.42 Å². The predicted octanol–water partition coefficient (Wildman–Crippen LogP) is 6.24. The van der Waals surface area contributed by atoms with Gasteiger partial charge in [0.1, 0.15) is 12.6 Å². The van der Waals surface area contributed by atoms with E-state index in [0.29, 0.717) is 27.8 Å². The van der Waals surface area contributed by atoms with Crippen molar-refractivity contribution in [2.45, 2.75) is 64.1 Å². The van der Waals surface area contributed by atoms with E-state index in [-0.39, 0.29) is 41.2 Å².